The molecule has 17 heavy (non-hydrogen) atoms. The van der Waals surface area contributed by atoms with Gasteiger partial charge in [0.15, 0.2) is 0 Å². The first-order chi connectivity index (χ1) is 8.09. The highest BCUT2D eigenvalue weighted by Crippen LogP contribution is 2.27. The van der Waals surface area contributed by atoms with Crippen molar-refractivity contribution in [1.82, 2.24) is 0 Å². The van der Waals surface area contributed by atoms with Crippen LogP contribution in [-0.4, -0.2) is 18.7 Å². The number of aliphatic hydroxyl groups is 1. The van der Waals surface area contributed by atoms with E-state index in [4.69, 9.17) is 0 Å². The van der Waals surface area contributed by atoms with Gasteiger partial charge in [-0.15, -0.1) is 11.3 Å². The van der Waals surface area contributed by atoms with Crippen molar-refractivity contribution < 1.29 is 5.11 Å². The van der Waals surface area contributed by atoms with E-state index < -0.39 is 5.60 Å². The maximum Gasteiger partial charge on any atom is 0.113 e. The van der Waals surface area contributed by atoms with E-state index in [0.717, 1.165) is 10.6 Å². The quantitative estimate of drug-likeness (QED) is 0.897. The molecule has 0 saturated heterocycles. The van der Waals surface area contributed by atoms with Gasteiger partial charge in [0.05, 0.1) is 6.54 Å². The van der Waals surface area contributed by atoms with Crippen LogP contribution in [0.4, 0.5) is 5.69 Å². The van der Waals surface area contributed by atoms with Gasteiger partial charge in [-0.2, -0.15) is 0 Å². The van der Waals surface area contributed by atoms with Gasteiger partial charge in [0, 0.05) is 17.6 Å². The normalized spacial score (nSPS) is 14.3. The molecule has 1 N–H and O–H groups in total. The molecule has 0 saturated carbocycles. The maximum absolute atomic E-state index is 10.5. The third kappa shape index (κ3) is 2.87. The molecule has 0 bridgehead atoms. The number of thiophene rings is 1. The van der Waals surface area contributed by atoms with Crippen LogP contribution in [0.15, 0.2) is 47.8 Å². The highest BCUT2D eigenvalue weighted by molar-refractivity contribution is 7.10. The number of nitrogens with zero attached hydrogens (tertiary/aromatic N) is 1. The maximum atomic E-state index is 10.5. The molecule has 1 heterocycles. The second kappa shape index (κ2) is 4.90. The molecule has 1 aromatic heterocycles. The zero-order chi connectivity index (χ0) is 12.3. The summed E-state index contributed by atoms with van der Waals surface area (Å²) in [5.41, 5.74) is 0.308. The fraction of sp³-hybridized carbons (Fsp3) is 0.286. The van der Waals surface area contributed by atoms with Crippen molar-refractivity contribution in [3.8, 4) is 0 Å². The smallest absolute Gasteiger partial charge is 0.113 e. The topological polar surface area (TPSA) is 23.5 Å². The number of anilines is 1. The lowest BCUT2D eigenvalue weighted by Gasteiger charge is -2.29. The Bertz CT molecular complexity index is 450. The average molecular weight is 247 g/mol. The molecule has 0 aliphatic rings. The molecular weight excluding hydrogens is 230 g/mol. The minimum absolute atomic E-state index is 0.581. The SMILES string of the molecule is CN(CC(C)(O)c1cccs1)c1ccccc1. The van der Waals surface area contributed by atoms with Crippen molar-refractivity contribution in [1.29, 1.82) is 0 Å². The number of hydrogen-bond donors (Lipinski definition) is 1. The summed E-state index contributed by atoms with van der Waals surface area (Å²) < 4.78 is 0. The third-order valence-corrected chi connectivity index (χ3v) is 3.92. The average Bonchev–Trinajstić information content (AvgIpc) is 2.84. The Labute approximate surface area is 106 Å². The molecule has 1 atom stereocenters. The third-order valence-electron chi connectivity index (χ3n) is 2.79. The first kappa shape index (κ1) is 12.1. The highest BCUT2D eigenvalue weighted by atomic mass is 32.1. The molecule has 90 valence electrons. The van der Waals surface area contributed by atoms with Crippen LogP contribution in [0.1, 0.15) is 11.8 Å². The van der Waals surface area contributed by atoms with Gasteiger partial charge in [-0.25, -0.2) is 0 Å². The number of likely N-dealkylation sites (N-methyl/N-ethyl adjacent to an activating group) is 1. The minimum Gasteiger partial charge on any atom is -0.383 e. The molecule has 2 nitrogen and oxygen atoms in total. The van der Waals surface area contributed by atoms with E-state index in [0.29, 0.717) is 6.54 Å². The zero-order valence-electron chi connectivity index (χ0n) is 10.1. The lowest BCUT2D eigenvalue weighted by Crippen LogP contribution is -2.36. The summed E-state index contributed by atoms with van der Waals surface area (Å²) in [6.07, 6.45) is 0. The molecule has 2 aromatic rings. The van der Waals surface area contributed by atoms with Crippen molar-refractivity contribution in [2.24, 2.45) is 0 Å². The van der Waals surface area contributed by atoms with Gasteiger partial charge in [0.1, 0.15) is 5.60 Å². The number of para-hydroxylation sites is 1. The fourth-order valence-corrected chi connectivity index (χ4v) is 2.68. The standard InChI is InChI=1S/C14H17NOS/c1-14(16,13-9-6-10-17-13)11-15(2)12-7-4-3-5-8-12/h3-10,16H,11H2,1-2H3. The van der Waals surface area contributed by atoms with Crippen molar-refractivity contribution >= 4 is 17.0 Å². The molecule has 2 rings (SSSR count). The summed E-state index contributed by atoms with van der Waals surface area (Å²) >= 11 is 1.59. The van der Waals surface area contributed by atoms with Crippen LogP contribution >= 0.6 is 11.3 Å². The van der Waals surface area contributed by atoms with Crippen LogP contribution in [0.5, 0.6) is 0 Å². The molecule has 0 fully saturated rings. The number of benzene rings is 1. The summed E-state index contributed by atoms with van der Waals surface area (Å²) in [6.45, 7) is 2.44. The first-order valence-electron chi connectivity index (χ1n) is 5.62. The Morgan fingerprint density at radius 2 is 1.88 bits per heavy atom. The van der Waals surface area contributed by atoms with Gasteiger partial charge in [0.25, 0.3) is 0 Å². The largest absolute Gasteiger partial charge is 0.383 e. The van der Waals surface area contributed by atoms with Gasteiger partial charge in [-0.05, 0) is 30.5 Å². The van der Waals surface area contributed by atoms with E-state index in [1.807, 2.05) is 61.8 Å². The predicted molar refractivity (Wildman–Crippen MR) is 73.6 cm³/mol. The van der Waals surface area contributed by atoms with Gasteiger partial charge < -0.3 is 10.0 Å². The van der Waals surface area contributed by atoms with Crippen molar-refractivity contribution in [2.75, 3.05) is 18.5 Å². The second-order valence-corrected chi connectivity index (χ2v) is 5.39. The van der Waals surface area contributed by atoms with Crippen molar-refractivity contribution in [2.45, 2.75) is 12.5 Å². The van der Waals surface area contributed by atoms with E-state index in [2.05, 4.69) is 4.90 Å². The van der Waals surface area contributed by atoms with Crippen molar-refractivity contribution in [3.63, 3.8) is 0 Å². The summed E-state index contributed by atoms with van der Waals surface area (Å²) in [7, 11) is 2.00. The molecule has 1 unspecified atom stereocenters. The van der Waals surface area contributed by atoms with Crippen LogP contribution in [-0.2, 0) is 5.60 Å². The Balaban J connectivity index is 2.11. The molecule has 1 aromatic carbocycles. The first-order valence-corrected chi connectivity index (χ1v) is 6.50. The van der Waals surface area contributed by atoms with E-state index in [1.165, 1.54) is 0 Å². The molecule has 0 amide bonds. The minimum atomic E-state index is -0.807. The fourth-order valence-electron chi connectivity index (χ4n) is 1.90. The van der Waals surface area contributed by atoms with Crippen LogP contribution in [0, 0.1) is 0 Å². The Morgan fingerprint density at radius 1 is 1.18 bits per heavy atom. The lowest BCUT2D eigenvalue weighted by molar-refractivity contribution is 0.0695. The molecule has 0 radical (unpaired) electrons. The van der Waals surface area contributed by atoms with E-state index in [9.17, 15) is 5.11 Å². The van der Waals surface area contributed by atoms with E-state index in [-0.39, 0.29) is 0 Å². The van der Waals surface area contributed by atoms with E-state index >= 15 is 0 Å². The van der Waals surface area contributed by atoms with Gasteiger partial charge in [0.2, 0.25) is 0 Å². The zero-order valence-corrected chi connectivity index (χ0v) is 10.9. The molecule has 0 aliphatic carbocycles. The molecular formula is C14H17NOS. The van der Waals surface area contributed by atoms with Crippen LogP contribution in [0.2, 0.25) is 0 Å². The van der Waals surface area contributed by atoms with E-state index in [1.54, 1.807) is 11.3 Å². The summed E-state index contributed by atoms with van der Waals surface area (Å²) in [5.74, 6) is 0. The van der Waals surface area contributed by atoms with Gasteiger partial charge in [-0.1, -0.05) is 24.3 Å². The Kier molecular flexibility index (Phi) is 3.50. The predicted octanol–water partition coefficient (Wildman–Crippen LogP) is 3.09. The molecule has 0 spiro atoms. The van der Waals surface area contributed by atoms with Gasteiger partial charge in [-0.3, -0.25) is 0 Å². The Morgan fingerprint density at radius 3 is 2.47 bits per heavy atom. The summed E-state index contributed by atoms with van der Waals surface area (Å²) in [5, 5.41) is 12.5. The van der Waals surface area contributed by atoms with Crippen LogP contribution in [0.3, 0.4) is 0 Å². The van der Waals surface area contributed by atoms with Crippen molar-refractivity contribution in [3.05, 3.63) is 52.7 Å². The monoisotopic (exact) mass is 247 g/mol. The van der Waals surface area contributed by atoms with Crippen LogP contribution < -0.4 is 4.90 Å². The number of rotatable bonds is 4. The molecule has 3 heteroatoms. The lowest BCUT2D eigenvalue weighted by atomic mass is 10.0. The number of hydrogen-bond acceptors (Lipinski definition) is 3. The Hall–Kier alpha value is -1.32. The molecule has 0 aliphatic heterocycles. The summed E-state index contributed by atoms with van der Waals surface area (Å²) in [4.78, 5) is 3.07. The highest BCUT2D eigenvalue weighted by Gasteiger charge is 2.26. The second-order valence-electron chi connectivity index (χ2n) is 4.44. The summed E-state index contributed by atoms with van der Waals surface area (Å²) in [6, 6.07) is 14.0. The van der Waals surface area contributed by atoms with Gasteiger partial charge >= 0.3 is 0 Å². The van der Waals surface area contributed by atoms with Crippen LogP contribution in [0.25, 0.3) is 0 Å².